The van der Waals surface area contributed by atoms with Gasteiger partial charge in [-0.25, -0.2) is 0 Å². The third-order valence-electron chi connectivity index (χ3n) is 5.00. The molecule has 1 atom stereocenters. The largest absolute Gasteiger partial charge is 0.356 e. The van der Waals surface area contributed by atoms with E-state index < -0.39 is 0 Å². The highest BCUT2D eigenvalue weighted by Gasteiger charge is 2.21. The zero-order valence-corrected chi connectivity index (χ0v) is 12.4. The van der Waals surface area contributed by atoms with Gasteiger partial charge in [0.15, 0.2) is 0 Å². The standard InChI is InChI=1S/C16H30N2O/c1-2-13-5-7-14(8-6-13)12-18-16(19)10-15-4-3-9-17-11-15/h13-15,17H,2-12H2,1H3,(H,18,19). The van der Waals surface area contributed by atoms with Gasteiger partial charge in [-0.3, -0.25) is 4.79 Å². The molecule has 3 heteroatoms. The first-order chi connectivity index (χ1) is 9.28. The SMILES string of the molecule is CCC1CCC(CNC(=O)CC2CCCNC2)CC1. The summed E-state index contributed by atoms with van der Waals surface area (Å²) in [6, 6.07) is 0. The lowest BCUT2D eigenvalue weighted by Crippen LogP contribution is -2.36. The molecule has 0 aromatic rings. The number of carbonyl (C=O) groups excluding carboxylic acids is 1. The number of nitrogens with one attached hydrogen (secondary N) is 2. The van der Waals surface area contributed by atoms with Crippen molar-refractivity contribution < 1.29 is 4.79 Å². The molecule has 3 nitrogen and oxygen atoms in total. The Morgan fingerprint density at radius 1 is 1.11 bits per heavy atom. The summed E-state index contributed by atoms with van der Waals surface area (Å²) >= 11 is 0. The van der Waals surface area contributed by atoms with Crippen molar-refractivity contribution in [3.05, 3.63) is 0 Å². The van der Waals surface area contributed by atoms with Crippen LogP contribution in [-0.4, -0.2) is 25.5 Å². The molecule has 1 saturated heterocycles. The van der Waals surface area contributed by atoms with Crippen LogP contribution in [0.1, 0.15) is 58.3 Å². The highest BCUT2D eigenvalue weighted by atomic mass is 16.1. The van der Waals surface area contributed by atoms with Crippen LogP contribution in [0.15, 0.2) is 0 Å². The zero-order chi connectivity index (χ0) is 13.5. The minimum Gasteiger partial charge on any atom is -0.356 e. The molecule has 0 radical (unpaired) electrons. The smallest absolute Gasteiger partial charge is 0.220 e. The Bertz CT molecular complexity index is 266. The van der Waals surface area contributed by atoms with Crippen molar-refractivity contribution in [1.29, 1.82) is 0 Å². The van der Waals surface area contributed by atoms with Crippen molar-refractivity contribution >= 4 is 5.91 Å². The van der Waals surface area contributed by atoms with E-state index in [2.05, 4.69) is 17.6 Å². The van der Waals surface area contributed by atoms with E-state index in [1.165, 1.54) is 44.9 Å². The Kier molecular flexibility index (Phi) is 6.15. The molecule has 1 unspecified atom stereocenters. The summed E-state index contributed by atoms with van der Waals surface area (Å²) in [6.07, 6.45) is 9.83. The third-order valence-corrected chi connectivity index (χ3v) is 5.00. The molecular weight excluding hydrogens is 236 g/mol. The van der Waals surface area contributed by atoms with E-state index in [1.54, 1.807) is 0 Å². The summed E-state index contributed by atoms with van der Waals surface area (Å²) in [5, 5.41) is 6.54. The zero-order valence-electron chi connectivity index (χ0n) is 12.4. The van der Waals surface area contributed by atoms with Crippen molar-refractivity contribution in [1.82, 2.24) is 10.6 Å². The second-order valence-corrected chi connectivity index (χ2v) is 6.52. The van der Waals surface area contributed by atoms with Crippen LogP contribution >= 0.6 is 0 Å². The van der Waals surface area contributed by atoms with E-state index in [1.807, 2.05) is 0 Å². The molecule has 1 amide bonds. The first kappa shape index (κ1) is 14.8. The molecule has 0 spiro atoms. The first-order valence-corrected chi connectivity index (χ1v) is 8.25. The average molecular weight is 266 g/mol. The topological polar surface area (TPSA) is 41.1 Å². The first-order valence-electron chi connectivity index (χ1n) is 8.25. The number of amides is 1. The van der Waals surface area contributed by atoms with Crippen molar-refractivity contribution in [2.75, 3.05) is 19.6 Å². The lowest BCUT2D eigenvalue weighted by atomic mass is 9.81. The molecule has 1 aliphatic heterocycles. The minimum absolute atomic E-state index is 0.270. The maximum Gasteiger partial charge on any atom is 0.220 e. The second-order valence-electron chi connectivity index (χ2n) is 6.52. The summed E-state index contributed by atoms with van der Waals surface area (Å²) in [5.74, 6) is 2.51. The van der Waals surface area contributed by atoms with Gasteiger partial charge in [0.25, 0.3) is 0 Å². The fourth-order valence-corrected chi connectivity index (χ4v) is 3.53. The van der Waals surface area contributed by atoms with E-state index >= 15 is 0 Å². The van der Waals surface area contributed by atoms with Gasteiger partial charge in [-0.1, -0.05) is 26.2 Å². The van der Waals surface area contributed by atoms with E-state index in [-0.39, 0.29) is 5.91 Å². The Morgan fingerprint density at radius 3 is 2.47 bits per heavy atom. The predicted molar refractivity (Wildman–Crippen MR) is 79.0 cm³/mol. The maximum atomic E-state index is 11.9. The van der Waals surface area contributed by atoms with Crippen molar-refractivity contribution in [3.8, 4) is 0 Å². The molecule has 2 aliphatic rings. The summed E-state index contributed by atoms with van der Waals surface area (Å²) in [5.41, 5.74) is 0. The fraction of sp³-hybridized carbons (Fsp3) is 0.938. The fourth-order valence-electron chi connectivity index (χ4n) is 3.53. The summed E-state index contributed by atoms with van der Waals surface area (Å²) in [7, 11) is 0. The molecule has 0 bridgehead atoms. The number of piperidine rings is 1. The summed E-state index contributed by atoms with van der Waals surface area (Å²) in [6.45, 7) is 5.36. The second kappa shape index (κ2) is 7.88. The molecule has 0 aromatic carbocycles. The van der Waals surface area contributed by atoms with Gasteiger partial charge in [0.2, 0.25) is 5.91 Å². The normalized spacial score (nSPS) is 31.9. The highest BCUT2D eigenvalue weighted by molar-refractivity contribution is 5.76. The molecule has 0 aromatic heterocycles. The molecule has 1 saturated carbocycles. The molecule has 2 rings (SSSR count). The number of hydrogen-bond acceptors (Lipinski definition) is 2. The van der Waals surface area contributed by atoms with E-state index in [0.717, 1.165) is 37.9 Å². The van der Waals surface area contributed by atoms with Gasteiger partial charge in [-0.15, -0.1) is 0 Å². The number of carbonyl (C=O) groups is 1. The van der Waals surface area contributed by atoms with Gasteiger partial charge < -0.3 is 10.6 Å². The molecule has 1 aliphatic carbocycles. The molecule has 1 heterocycles. The molecular formula is C16H30N2O. The average Bonchev–Trinajstić information content (AvgIpc) is 2.47. The van der Waals surface area contributed by atoms with Crippen LogP contribution in [-0.2, 0) is 4.79 Å². The van der Waals surface area contributed by atoms with Gasteiger partial charge >= 0.3 is 0 Å². The molecule has 2 fully saturated rings. The van der Waals surface area contributed by atoms with Crippen molar-refractivity contribution in [3.63, 3.8) is 0 Å². The summed E-state index contributed by atoms with van der Waals surface area (Å²) < 4.78 is 0. The maximum absolute atomic E-state index is 11.9. The van der Waals surface area contributed by atoms with Gasteiger partial charge in [-0.2, -0.15) is 0 Å². The summed E-state index contributed by atoms with van der Waals surface area (Å²) in [4.78, 5) is 11.9. The van der Waals surface area contributed by atoms with Crippen molar-refractivity contribution in [2.45, 2.75) is 58.3 Å². The van der Waals surface area contributed by atoms with E-state index in [0.29, 0.717) is 5.92 Å². The van der Waals surface area contributed by atoms with Crippen molar-refractivity contribution in [2.24, 2.45) is 17.8 Å². The Balaban J connectivity index is 1.58. The van der Waals surface area contributed by atoms with Crippen LogP contribution in [0.3, 0.4) is 0 Å². The van der Waals surface area contributed by atoms with Crippen LogP contribution < -0.4 is 10.6 Å². The third kappa shape index (κ3) is 5.13. The molecule has 2 N–H and O–H groups in total. The van der Waals surface area contributed by atoms with Gasteiger partial charge in [0, 0.05) is 13.0 Å². The van der Waals surface area contributed by atoms with Crippen LogP contribution in [0.2, 0.25) is 0 Å². The lowest BCUT2D eigenvalue weighted by Gasteiger charge is -2.28. The van der Waals surface area contributed by atoms with E-state index in [4.69, 9.17) is 0 Å². The molecule has 110 valence electrons. The Labute approximate surface area is 117 Å². The lowest BCUT2D eigenvalue weighted by molar-refractivity contribution is -0.122. The Hall–Kier alpha value is -0.570. The van der Waals surface area contributed by atoms with Crippen LogP contribution in [0, 0.1) is 17.8 Å². The number of rotatable bonds is 5. The minimum atomic E-state index is 0.270. The number of hydrogen-bond donors (Lipinski definition) is 2. The molecule has 19 heavy (non-hydrogen) atoms. The monoisotopic (exact) mass is 266 g/mol. The quantitative estimate of drug-likeness (QED) is 0.803. The van der Waals surface area contributed by atoms with Crippen LogP contribution in [0.5, 0.6) is 0 Å². The van der Waals surface area contributed by atoms with E-state index in [9.17, 15) is 4.79 Å². The van der Waals surface area contributed by atoms with Gasteiger partial charge in [-0.05, 0) is 56.5 Å². The van der Waals surface area contributed by atoms with Gasteiger partial charge in [0.05, 0.1) is 0 Å². The van der Waals surface area contributed by atoms with Crippen LogP contribution in [0.25, 0.3) is 0 Å². The predicted octanol–water partition coefficient (Wildman–Crippen LogP) is 2.71. The Morgan fingerprint density at radius 2 is 1.84 bits per heavy atom. The van der Waals surface area contributed by atoms with Gasteiger partial charge in [0.1, 0.15) is 0 Å². The highest BCUT2D eigenvalue weighted by Crippen LogP contribution is 2.30. The van der Waals surface area contributed by atoms with Crippen LogP contribution in [0.4, 0.5) is 0 Å².